The number of hydrogen-bond donors (Lipinski definition) is 2. The minimum absolute atomic E-state index is 0. The van der Waals surface area contributed by atoms with Crippen LogP contribution in [0.15, 0.2) is 0 Å². The number of rotatable bonds is 13. The van der Waals surface area contributed by atoms with Gasteiger partial charge in [-0.25, -0.2) is 0 Å². The summed E-state index contributed by atoms with van der Waals surface area (Å²) in [6, 6.07) is 0. The summed E-state index contributed by atoms with van der Waals surface area (Å²) >= 11 is 3.00. The maximum absolute atomic E-state index is 11.4. The lowest BCUT2D eigenvalue weighted by Gasteiger charge is -2.14. The van der Waals surface area contributed by atoms with E-state index in [1.807, 2.05) is 34.6 Å². The first kappa shape index (κ1) is 39.3. The molecule has 0 aliphatic carbocycles. The van der Waals surface area contributed by atoms with E-state index in [-0.39, 0.29) is 26.8 Å². The van der Waals surface area contributed by atoms with Crippen LogP contribution in [-0.4, -0.2) is 68.0 Å². The number of alkyl halides is 1. The number of halogens is 1. The Morgan fingerprint density at radius 3 is 1.29 bits per heavy atom. The monoisotopic (exact) mass is 518 g/mol. The second-order valence-corrected chi connectivity index (χ2v) is 7.98. The molecular formula is C17H45BrO8P2. The average molecular weight is 519 g/mol. The van der Waals surface area contributed by atoms with Crippen LogP contribution in [0.2, 0.25) is 0 Å². The fourth-order valence-electron chi connectivity index (χ4n) is 1.11. The Labute approximate surface area is 183 Å². The zero-order valence-electron chi connectivity index (χ0n) is 18.0. The van der Waals surface area contributed by atoms with E-state index in [2.05, 4.69) is 15.9 Å². The van der Waals surface area contributed by atoms with Gasteiger partial charge in [-0.1, -0.05) is 37.2 Å². The Bertz CT molecular complexity index is 250. The number of aliphatic hydroxyl groups is 2. The summed E-state index contributed by atoms with van der Waals surface area (Å²) in [5.74, 6) is 0. The maximum Gasteiger partial charge on any atom is 0.332 e. The molecule has 0 aromatic heterocycles. The molecule has 2 N–H and O–H groups in total. The van der Waals surface area contributed by atoms with Crippen molar-refractivity contribution in [3.63, 3.8) is 0 Å². The summed E-state index contributed by atoms with van der Waals surface area (Å²) in [6.07, 6.45) is 0.0781. The smallest absolute Gasteiger partial charge is 0.332 e. The molecule has 0 unspecified atom stereocenters. The molecule has 0 aromatic rings. The van der Waals surface area contributed by atoms with Crippen LogP contribution in [-0.2, 0) is 27.2 Å². The molecule has 0 bridgehead atoms. The molecule has 0 fully saturated rings. The zero-order valence-corrected chi connectivity index (χ0v) is 21.4. The van der Waals surface area contributed by atoms with Gasteiger partial charge in [-0.05, 0) is 34.6 Å². The quantitative estimate of drug-likeness (QED) is 0.239. The van der Waals surface area contributed by atoms with Crippen molar-refractivity contribution in [1.82, 2.24) is 0 Å². The summed E-state index contributed by atoms with van der Waals surface area (Å²) < 4.78 is 36.6. The summed E-state index contributed by atoms with van der Waals surface area (Å²) in [4.78, 5) is 0. The van der Waals surface area contributed by atoms with Crippen LogP contribution in [0.4, 0.5) is 0 Å². The van der Waals surface area contributed by atoms with Gasteiger partial charge >= 0.3 is 16.2 Å². The number of hydrogen-bond acceptors (Lipinski definition) is 8. The van der Waals surface area contributed by atoms with E-state index in [9.17, 15) is 4.57 Å². The maximum atomic E-state index is 11.4. The molecule has 0 spiro atoms. The lowest BCUT2D eigenvalue weighted by Crippen LogP contribution is -2.02. The third-order valence-corrected chi connectivity index (χ3v) is 5.63. The van der Waals surface area contributed by atoms with E-state index >= 15 is 0 Å². The fraction of sp³-hybridized carbons (Fsp3) is 1.00. The van der Waals surface area contributed by atoms with Gasteiger partial charge < -0.3 is 32.8 Å². The van der Waals surface area contributed by atoms with Crippen LogP contribution >= 0.6 is 32.1 Å². The molecule has 178 valence electrons. The first-order valence-corrected chi connectivity index (χ1v) is 13.2. The Morgan fingerprint density at radius 1 is 0.786 bits per heavy atom. The summed E-state index contributed by atoms with van der Waals surface area (Å²) in [6.45, 7) is 15.9. The summed E-state index contributed by atoms with van der Waals surface area (Å²) in [5, 5.41) is 17.0. The molecule has 0 saturated carbocycles. The van der Waals surface area contributed by atoms with Crippen molar-refractivity contribution < 1.29 is 37.4 Å². The van der Waals surface area contributed by atoms with Crippen LogP contribution in [0.5, 0.6) is 0 Å². The van der Waals surface area contributed by atoms with Crippen molar-refractivity contribution in [2.24, 2.45) is 0 Å². The average Bonchev–Trinajstić information content (AvgIpc) is 2.65. The molecule has 0 aliphatic heterocycles. The van der Waals surface area contributed by atoms with E-state index in [0.29, 0.717) is 38.4 Å². The van der Waals surface area contributed by atoms with Crippen molar-refractivity contribution in [1.29, 1.82) is 0 Å². The molecule has 0 amide bonds. The predicted molar refractivity (Wildman–Crippen MR) is 124 cm³/mol. The Hall–Kier alpha value is 0.860. The molecule has 28 heavy (non-hydrogen) atoms. The van der Waals surface area contributed by atoms with E-state index in [4.69, 9.17) is 32.8 Å². The molecule has 8 nitrogen and oxygen atoms in total. The van der Waals surface area contributed by atoms with Crippen LogP contribution in [0.3, 0.4) is 0 Å². The van der Waals surface area contributed by atoms with E-state index in [1.165, 1.54) is 0 Å². The normalized spacial score (nSPS) is 9.82. The Balaban J connectivity index is -0.0000000960. The molecular weight excluding hydrogens is 474 g/mol. The zero-order chi connectivity index (χ0) is 22.0. The molecule has 11 heteroatoms. The third kappa shape index (κ3) is 34.4. The second kappa shape index (κ2) is 35.3. The predicted octanol–water partition coefficient (Wildman–Crippen LogP) is 5.60. The SMILES string of the molecule is C.CC.CCOP(=O)(CCO)OCC.CCOP(OCC)OCC.OCCBr. The van der Waals surface area contributed by atoms with Crippen LogP contribution in [0, 0.1) is 0 Å². The van der Waals surface area contributed by atoms with Crippen molar-refractivity contribution in [2.75, 3.05) is 57.7 Å². The van der Waals surface area contributed by atoms with Gasteiger partial charge in [0.05, 0.1) is 52.4 Å². The second-order valence-electron chi connectivity index (χ2n) is 3.78. The highest BCUT2D eigenvalue weighted by Crippen LogP contribution is 2.47. The van der Waals surface area contributed by atoms with Gasteiger partial charge in [0.15, 0.2) is 0 Å². The minimum Gasteiger partial charge on any atom is -0.396 e. The summed E-state index contributed by atoms with van der Waals surface area (Å²) in [5.41, 5.74) is 0. The van der Waals surface area contributed by atoms with Gasteiger partial charge in [0.1, 0.15) is 0 Å². The highest BCUT2D eigenvalue weighted by Gasteiger charge is 2.21. The summed E-state index contributed by atoms with van der Waals surface area (Å²) in [7, 11) is -4.03. The van der Waals surface area contributed by atoms with Crippen LogP contribution < -0.4 is 0 Å². The topological polar surface area (TPSA) is 104 Å². The van der Waals surface area contributed by atoms with Gasteiger partial charge in [-0.3, -0.25) is 4.57 Å². The van der Waals surface area contributed by atoms with Crippen LogP contribution in [0.25, 0.3) is 0 Å². The van der Waals surface area contributed by atoms with E-state index < -0.39 is 16.2 Å². The molecule has 0 rings (SSSR count). The highest BCUT2D eigenvalue weighted by atomic mass is 79.9. The molecule has 0 aliphatic rings. The van der Waals surface area contributed by atoms with Crippen molar-refractivity contribution in [3.8, 4) is 0 Å². The molecule has 0 radical (unpaired) electrons. The Morgan fingerprint density at radius 2 is 1.11 bits per heavy atom. The largest absolute Gasteiger partial charge is 0.396 e. The molecule has 0 heterocycles. The van der Waals surface area contributed by atoms with E-state index in [0.717, 1.165) is 0 Å². The van der Waals surface area contributed by atoms with Crippen molar-refractivity contribution in [2.45, 2.75) is 55.9 Å². The third-order valence-electron chi connectivity index (χ3n) is 1.81. The highest BCUT2D eigenvalue weighted by molar-refractivity contribution is 9.09. The van der Waals surface area contributed by atoms with Crippen molar-refractivity contribution in [3.05, 3.63) is 0 Å². The first-order valence-electron chi connectivity index (χ1n) is 9.29. The molecule has 0 saturated heterocycles. The molecule has 0 atom stereocenters. The Kier molecular flexibility index (Phi) is 49.6. The van der Waals surface area contributed by atoms with Gasteiger partial charge in [0, 0.05) is 5.33 Å². The van der Waals surface area contributed by atoms with Gasteiger partial charge in [0.25, 0.3) is 0 Å². The van der Waals surface area contributed by atoms with Gasteiger partial charge in [-0.15, -0.1) is 0 Å². The van der Waals surface area contributed by atoms with Gasteiger partial charge in [0.2, 0.25) is 0 Å². The lowest BCUT2D eigenvalue weighted by atomic mass is 10.9. The van der Waals surface area contributed by atoms with Gasteiger partial charge in [-0.2, -0.15) is 0 Å². The lowest BCUT2D eigenvalue weighted by molar-refractivity contribution is 0.176. The number of aliphatic hydroxyl groups excluding tert-OH is 2. The minimum atomic E-state index is -2.97. The standard InChI is InChI=1S/C6H15O4P.C6H15O3P.C2H5BrO.C2H6.CH4/c1-3-9-11(8,6-5-7)10-4-2;1-4-7-10(8-5-2)9-6-3;3-1-2-4;1-2;/h7H,3-6H2,1-2H3;4-6H2,1-3H3;4H,1-2H2;1-2H3;1H4. The first-order chi connectivity index (χ1) is 12.9. The van der Waals surface area contributed by atoms with Crippen LogP contribution in [0.1, 0.15) is 55.9 Å². The van der Waals surface area contributed by atoms with Crippen molar-refractivity contribution >= 4 is 32.1 Å². The van der Waals surface area contributed by atoms with E-state index in [1.54, 1.807) is 13.8 Å². The fourth-order valence-corrected chi connectivity index (χ4v) is 3.33. The molecule has 0 aromatic carbocycles.